The van der Waals surface area contributed by atoms with E-state index in [9.17, 15) is 0 Å². The number of allylic oxidation sites excluding steroid dienone is 3. The van der Waals surface area contributed by atoms with Gasteiger partial charge in [0.2, 0.25) is 0 Å². The van der Waals surface area contributed by atoms with E-state index in [0.717, 1.165) is 5.03 Å². The highest BCUT2D eigenvalue weighted by Crippen LogP contribution is 2.31. The molecule has 12 heavy (non-hydrogen) atoms. The monoisotopic (exact) mass is 206 g/mol. The van der Waals surface area contributed by atoms with Crippen LogP contribution in [0.1, 0.15) is 6.42 Å². The molecule has 1 aliphatic rings. The van der Waals surface area contributed by atoms with Gasteiger partial charge in [0.1, 0.15) is 0 Å². The molecule has 1 unspecified atom stereocenters. The first kappa shape index (κ1) is 10.1. The third-order valence-electron chi connectivity index (χ3n) is 1.65. The second-order valence-electron chi connectivity index (χ2n) is 3.10. The van der Waals surface area contributed by atoms with Crippen LogP contribution in [0.2, 0.25) is 0 Å². The van der Waals surface area contributed by atoms with E-state index < -0.39 is 4.87 Å². The van der Waals surface area contributed by atoms with E-state index in [1.165, 1.54) is 0 Å². The standard InChI is InChI=1S/C8H12Cl2N2/c1-12(11)6-8(10)4-2-3-7(9)5-8/h2-4H,5-6,11H2,1H3. The number of nitrogens with two attached hydrogens (primary N) is 1. The first-order valence-corrected chi connectivity index (χ1v) is 4.46. The number of rotatable bonds is 2. The van der Waals surface area contributed by atoms with Gasteiger partial charge in [-0.1, -0.05) is 23.8 Å². The summed E-state index contributed by atoms with van der Waals surface area (Å²) in [4.78, 5) is -0.435. The van der Waals surface area contributed by atoms with E-state index in [-0.39, 0.29) is 0 Å². The van der Waals surface area contributed by atoms with Gasteiger partial charge < -0.3 is 0 Å². The van der Waals surface area contributed by atoms with E-state index in [2.05, 4.69) is 0 Å². The van der Waals surface area contributed by atoms with Gasteiger partial charge in [-0.3, -0.25) is 5.84 Å². The van der Waals surface area contributed by atoms with E-state index in [0.29, 0.717) is 13.0 Å². The minimum atomic E-state index is -0.435. The van der Waals surface area contributed by atoms with Gasteiger partial charge in [0, 0.05) is 25.0 Å². The van der Waals surface area contributed by atoms with Crippen LogP contribution in [0.25, 0.3) is 0 Å². The van der Waals surface area contributed by atoms with E-state index in [1.807, 2.05) is 18.2 Å². The summed E-state index contributed by atoms with van der Waals surface area (Å²) in [6.07, 6.45) is 6.28. The molecule has 0 bridgehead atoms. The molecule has 2 N–H and O–H groups in total. The molecule has 2 nitrogen and oxygen atoms in total. The molecule has 0 amide bonds. The smallest absolute Gasteiger partial charge is 0.0818 e. The van der Waals surface area contributed by atoms with Gasteiger partial charge in [0.15, 0.2) is 0 Å². The molecule has 1 aliphatic carbocycles. The Hall–Kier alpha value is -0.0200. The first-order chi connectivity index (χ1) is 5.52. The Morgan fingerprint density at radius 3 is 2.92 bits per heavy atom. The predicted octanol–water partition coefficient (Wildman–Crippen LogP) is 1.85. The lowest BCUT2D eigenvalue weighted by Crippen LogP contribution is -2.40. The molecule has 4 heteroatoms. The molecule has 0 aromatic rings. The van der Waals surface area contributed by atoms with Crippen molar-refractivity contribution in [2.75, 3.05) is 13.6 Å². The minimum Gasteiger partial charge on any atom is -0.269 e. The molecular weight excluding hydrogens is 195 g/mol. The summed E-state index contributed by atoms with van der Waals surface area (Å²) in [5.41, 5.74) is 0. The third-order valence-corrected chi connectivity index (χ3v) is 2.29. The summed E-state index contributed by atoms with van der Waals surface area (Å²) in [5, 5.41) is 2.33. The summed E-state index contributed by atoms with van der Waals surface area (Å²) in [6.45, 7) is 0.592. The van der Waals surface area contributed by atoms with Gasteiger partial charge >= 0.3 is 0 Å². The highest BCUT2D eigenvalue weighted by Gasteiger charge is 2.27. The second-order valence-corrected chi connectivity index (χ2v) is 4.34. The molecule has 0 fully saturated rings. The Kier molecular flexibility index (Phi) is 3.18. The SMILES string of the molecule is CN(N)CC1(Cl)C=CC=C(Cl)C1. The summed E-state index contributed by atoms with van der Waals surface area (Å²) < 4.78 is 0. The lowest BCUT2D eigenvalue weighted by atomic mass is 9.99. The zero-order chi connectivity index (χ0) is 9.19. The maximum Gasteiger partial charge on any atom is 0.0818 e. The summed E-state index contributed by atoms with van der Waals surface area (Å²) in [5.74, 6) is 5.51. The Morgan fingerprint density at radius 2 is 2.42 bits per heavy atom. The van der Waals surface area contributed by atoms with Crippen molar-refractivity contribution in [1.82, 2.24) is 5.01 Å². The Labute approximate surface area is 82.6 Å². The third kappa shape index (κ3) is 2.79. The van der Waals surface area contributed by atoms with Crippen LogP contribution in [-0.2, 0) is 0 Å². The van der Waals surface area contributed by atoms with Crippen LogP contribution in [0.4, 0.5) is 0 Å². The van der Waals surface area contributed by atoms with E-state index in [4.69, 9.17) is 29.0 Å². The van der Waals surface area contributed by atoms with Crippen molar-refractivity contribution in [3.05, 3.63) is 23.3 Å². The fourth-order valence-electron chi connectivity index (χ4n) is 1.25. The van der Waals surface area contributed by atoms with Crippen LogP contribution < -0.4 is 5.84 Å². The van der Waals surface area contributed by atoms with Gasteiger partial charge in [-0.2, -0.15) is 0 Å². The molecule has 0 radical (unpaired) electrons. The Balaban J connectivity index is 2.63. The summed E-state index contributed by atoms with van der Waals surface area (Å²) in [6, 6.07) is 0. The largest absolute Gasteiger partial charge is 0.269 e. The van der Waals surface area contributed by atoms with Gasteiger partial charge in [0.25, 0.3) is 0 Å². The molecule has 0 aromatic heterocycles. The van der Waals surface area contributed by atoms with Crippen LogP contribution in [0.3, 0.4) is 0 Å². The van der Waals surface area contributed by atoms with Crippen LogP contribution >= 0.6 is 23.2 Å². The van der Waals surface area contributed by atoms with Crippen molar-refractivity contribution in [3.63, 3.8) is 0 Å². The van der Waals surface area contributed by atoms with Gasteiger partial charge in [-0.15, -0.1) is 11.6 Å². The molecule has 0 heterocycles. The van der Waals surface area contributed by atoms with Crippen molar-refractivity contribution >= 4 is 23.2 Å². The highest BCUT2D eigenvalue weighted by atomic mass is 35.5. The molecule has 0 saturated heterocycles. The second kappa shape index (κ2) is 3.79. The minimum absolute atomic E-state index is 0.435. The fourth-order valence-corrected chi connectivity index (χ4v) is 2.03. The molecule has 0 saturated carbocycles. The quantitative estimate of drug-likeness (QED) is 0.425. The molecule has 0 aliphatic heterocycles. The van der Waals surface area contributed by atoms with E-state index >= 15 is 0 Å². The van der Waals surface area contributed by atoms with Crippen LogP contribution in [0.15, 0.2) is 23.3 Å². The van der Waals surface area contributed by atoms with Crippen LogP contribution in [0.5, 0.6) is 0 Å². The number of halogens is 2. The van der Waals surface area contributed by atoms with Gasteiger partial charge in [-0.05, 0) is 6.08 Å². The maximum absolute atomic E-state index is 6.23. The molecule has 1 rings (SSSR count). The number of hydrogen-bond donors (Lipinski definition) is 1. The number of hydrazine groups is 1. The number of nitrogens with zero attached hydrogens (tertiary/aromatic N) is 1. The number of hydrogen-bond acceptors (Lipinski definition) is 2. The molecule has 0 spiro atoms. The fraction of sp³-hybridized carbons (Fsp3) is 0.500. The molecule has 1 atom stereocenters. The number of alkyl halides is 1. The van der Waals surface area contributed by atoms with Crippen LogP contribution in [-0.4, -0.2) is 23.5 Å². The van der Waals surface area contributed by atoms with Crippen molar-refractivity contribution in [1.29, 1.82) is 0 Å². The normalized spacial score (nSPS) is 29.2. The predicted molar refractivity (Wildman–Crippen MR) is 53.1 cm³/mol. The lowest BCUT2D eigenvalue weighted by molar-refractivity contribution is 0.322. The molecule has 68 valence electrons. The van der Waals surface area contributed by atoms with Gasteiger partial charge in [-0.25, -0.2) is 5.01 Å². The highest BCUT2D eigenvalue weighted by molar-refractivity contribution is 6.32. The summed E-state index contributed by atoms with van der Waals surface area (Å²) >= 11 is 12.1. The topological polar surface area (TPSA) is 29.3 Å². The summed E-state index contributed by atoms with van der Waals surface area (Å²) in [7, 11) is 1.78. The van der Waals surface area contributed by atoms with Crippen molar-refractivity contribution in [2.24, 2.45) is 5.84 Å². The average Bonchev–Trinajstić information content (AvgIpc) is 1.82. The van der Waals surface area contributed by atoms with E-state index in [1.54, 1.807) is 12.1 Å². The maximum atomic E-state index is 6.23. The zero-order valence-corrected chi connectivity index (χ0v) is 8.44. The zero-order valence-electron chi connectivity index (χ0n) is 6.93. The Bertz CT molecular complexity index is 223. The van der Waals surface area contributed by atoms with Crippen molar-refractivity contribution in [3.8, 4) is 0 Å². The average molecular weight is 207 g/mol. The van der Waals surface area contributed by atoms with Crippen molar-refractivity contribution < 1.29 is 0 Å². The van der Waals surface area contributed by atoms with Crippen LogP contribution in [0, 0.1) is 0 Å². The first-order valence-electron chi connectivity index (χ1n) is 3.70. The Morgan fingerprint density at radius 1 is 1.75 bits per heavy atom. The van der Waals surface area contributed by atoms with Crippen molar-refractivity contribution in [2.45, 2.75) is 11.3 Å². The lowest BCUT2D eigenvalue weighted by Gasteiger charge is -2.28. The van der Waals surface area contributed by atoms with Gasteiger partial charge in [0.05, 0.1) is 4.87 Å². The molecular formula is C8H12Cl2N2. The molecule has 0 aromatic carbocycles.